The van der Waals surface area contributed by atoms with Crippen LogP contribution in [0.2, 0.25) is 0 Å². The zero-order valence-electron chi connectivity index (χ0n) is 12.6. The molecule has 0 atom stereocenters. The standard InChI is InChI=1S/C16H17N5.2ClH/c1-2-4-13(5-3-1)21-16-14(12-19-21)15(6-7-18-16)20-10-8-17-9-11-20;;/h1-7,12,17H,8-11H2;2*1H. The van der Waals surface area contributed by atoms with Gasteiger partial charge in [0.1, 0.15) is 0 Å². The maximum Gasteiger partial charge on any atom is 0.164 e. The molecule has 3 heterocycles. The summed E-state index contributed by atoms with van der Waals surface area (Å²) in [6.07, 6.45) is 3.80. The van der Waals surface area contributed by atoms with Crippen molar-refractivity contribution in [1.82, 2.24) is 20.1 Å². The summed E-state index contributed by atoms with van der Waals surface area (Å²) in [5, 5.41) is 9.03. The van der Waals surface area contributed by atoms with E-state index >= 15 is 0 Å². The molecule has 7 heteroatoms. The van der Waals surface area contributed by atoms with Crippen molar-refractivity contribution in [2.75, 3.05) is 31.1 Å². The lowest BCUT2D eigenvalue weighted by Crippen LogP contribution is -2.43. The van der Waals surface area contributed by atoms with Crippen molar-refractivity contribution in [2.24, 2.45) is 0 Å². The van der Waals surface area contributed by atoms with E-state index in [4.69, 9.17) is 0 Å². The van der Waals surface area contributed by atoms with Crippen molar-refractivity contribution in [3.8, 4) is 5.69 Å². The predicted molar refractivity (Wildman–Crippen MR) is 98.4 cm³/mol. The number of anilines is 1. The van der Waals surface area contributed by atoms with E-state index in [1.165, 1.54) is 5.69 Å². The third-order valence-electron chi connectivity index (χ3n) is 3.91. The second-order valence-electron chi connectivity index (χ2n) is 5.20. The van der Waals surface area contributed by atoms with Crippen molar-refractivity contribution < 1.29 is 0 Å². The largest absolute Gasteiger partial charge is 0.368 e. The average Bonchev–Trinajstić information content (AvgIpc) is 3.00. The van der Waals surface area contributed by atoms with E-state index in [1.807, 2.05) is 47.4 Å². The molecule has 0 aliphatic carbocycles. The van der Waals surface area contributed by atoms with Gasteiger partial charge in [-0.25, -0.2) is 9.67 Å². The minimum atomic E-state index is 0. The fraction of sp³-hybridized carbons (Fsp3) is 0.250. The molecule has 0 unspecified atom stereocenters. The smallest absolute Gasteiger partial charge is 0.164 e. The third kappa shape index (κ3) is 3.27. The summed E-state index contributed by atoms with van der Waals surface area (Å²) < 4.78 is 1.90. The number of hydrogen-bond donors (Lipinski definition) is 1. The van der Waals surface area contributed by atoms with E-state index in [9.17, 15) is 0 Å². The molecule has 1 N–H and O–H groups in total. The molecule has 2 aromatic heterocycles. The van der Waals surface area contributed by atoms with Gasteiger partial charge in [-0.05, 0) is 18.2 Å². The van der Waals surface area contributed by atoms with Crippen LogP contribution in [0.4, 0.5) is 5.69 Å². The highest BCUT2D eigenvalue weighted by molar-refractivity contribution is 5.90. The van der Waals surface area contributed by atoms with Gasteiger partial charge in [0.15, 0.2) is 5.65 Å². The SMILES string of the molecule is Cl.Cl.c1ccc(-n2ncc3c(N4CCNCC4)ccnc32)cc1. The van der Waals surface area contributed by atoms with Crippen LogP contribution >= 0.6 is 24.8 Å². The molecule has 3 aromatic rings. The highest BCUT2D eigenvalue weighted by Gasteiger charge is 2.16. The van der Waals surface area contributed by atoms with Gasteiger partial charge in [-0.1, -0.05) is 18.2 Å². The topological polar surface area (TPSA) is 46.0 Å². The van der Waals surface area contributed by atoms with E-state index in [2.05, 4.69) is 26.4 Å². The van der Waals surface area contributed by atoms with E-state index in [-0.39, 0.29) is 24.8 Å². The Labute approximate surface area is 147 Å². The molecule has 0 saturated carbocycles. The van der Waals surface area contributed by atoms with Crippen LogP contribution in [-0.4, -0.2) is 40.9 Å². The Kier molecular flexibility index (Phi) is 5.82. The molecule has 0 radical (unpaired) electrons. The second-order valence-corrected chi connectivity index (χ2v) is 5.20. The van der Waals surface area contributed by atoms with Crippen LogP contribution in [0.25, 0.3) is 16.7 Å². The third-order valence-corrected chi connectivity index (χ3v) is 3.91. The molecule has 122 valence electrons. The maximum atomic E-state index is 4.53. The lowest BCUT2D eigenvalue weighted by molar-refractivity contribution is 0.590. The first-order valence-electron chi connectivity index (χ1n) is 7.27. The Morgan fingerprint density at radius 2 is 1.70 bits per heavy atom. The molecule has 1 aliphatic rings. The highest BCUT2D eigenvalue weighted by atomic mass is 35.5. The molecule has 1 aromatic carbocycles. The van der Waals surface area contributed by atoms with Gasteiger partial charge >= 0.3 is 0 Å². The molecule has 4 rings (SSSR count). The predicted octanol–water partition coefficient (Wildman–Crippen LogP) is 2.67. The van der Waals surface area contributed by atoms with Gasteiger partial charge in [0.2, 0.25) is 0 Å². The minimum absolute atomic E-state index is 0. The van der Waals surface area contributed by atoms with E-state index < -0.39 is 0 Å². The van der Waals surface area contributed by atoms with Crippen molar-refractivity contribution >= 4 is 41.5 Å². The second kappa shape index (κ2) is 7.64. The Morgan fingerprint density at radius 1 is 0.957 bits per heavy atom. The molecule has 0 bridgehead atoms. The monoisotopic (exact) mass is 351 g/mol. The Morgan fingerprint density at radius 3 is 2.43 bits per heavy atom. The summed E-state index contributed by atoms with van der Waals surface area (Å²) in [5.74, 6) is 0. The number of hydrogen-bond acceptors (Lipinski definition) is 4. The van der Waals surface area contributed by atoms with Crippen LogP contribution in [0.15, 0.2) is 48.8 Å². The van der Waals surface area contributed by atoms with E-state index in [0.717, 1.165) is 42.9 Å². The Balaban J connectivity index is 0.000000960. The van der Waals surface area contributed by atoms with Crippen molar-refractivity contribution in [1.29, 1.82) is 0 Å². The highest BCUT2D eigenvalue weighted by Crippen LogP contribution is 2.26. The number of benzene rings is 1. The molecule has 1 fully saturated rings. The van der Waals surface area contributed by atoms with Crippen LogP contribution in [-0.2, 0) is 0 Å². The summed E-state index contributed by atoms with van der Waals surface area (Å²) in [6.45, 7) is 4.10. The van der Waals surface area contributed by atoms with Gasteiger partial charge in [0.05, 0.1) is 23.0 Å². The zero-order valence-corrected chi connectivity index (χ0v) is 14.2. The fourth-order valence-electron chi connectivity index (χ4n) is 2.85. The molecule has 5 nitrogen and oxygen atoms in total. The van der Waals surface area contributed by atoms with Crippen molar-refractivity contribution in [3.63, 3.8) is 0 Å². The molecule has 0 amide bonds. The number of nitrogens with one attached hydrogen (secondary N) is 1. The molecule has 1 aliphatic heterocycles. The average molecular weight is 352 g/mol. The minimum Gasteiger partial charge on any atom is -0.368 e. The van der Waals surface area contributed by atoms with Gasteiger partial charge in [0.25, 0.3) is 0 Å². The number of halogens is 2. The van der Waals surface area contributed by atoms with Crippen LogP contribution in [0.3, 0.4) is 0 Å². The van der Waals surface area contributed by atoms with Crippen LogP contribution in [0.1, 0.15) is 0 Å². The summed E-state index contributed by atoms with van der Waals surface area (Å²) in [5.41, 5.74) is 3.18. The number of aromatic nitrogens is 3. The van der Waals surface area contributed by atoms with E-state index in [0.29, 0.717) is 0 Å². The number of fused-ring (bicyclic) bond motifs is 1. The van der Waals surface area contributed by atoms with Crippen LogP contribution in [0, 0.1) is 0 Å². The fourth-order valence-corrected chi connectivity index (χ4v) is 2.85. The molecule has 1 saturated heterocycles. The number of pyridine rings is 1. The zero-order chi connectivity index (χ0) is 14.1. The Hall–Kier alpha value is -1.82. The first-order chi connectivity index (χ1) is 10.4. The quantitative estimate of drug-likeness (QED) is 0.770. The maximum absolute atomic E-state index is 4.53. The lowest BCUT2D eigenvalue weighted by Gasteiger charge is -2.29. The Bertz CT molecular complexity index is 754. The van der Waals surface area contributed by atoms with Crippen molar-refractivity contribution in [3.05, 3.63) is 48.8 Å². The summed E-state index contributed by atoms with van der Waals surface area (Å²) in [6, 6.07) is 12.2. The number of para-hydroxylation sites is 1. The molecule has 23 heavy (non-hydrogen) atoms. The van der Waals surface area contributed by atoms with Crippen molar-refractivity contribution in [2.45, 2.75) is 0 Å². The van der Waals surface area contributed by atoms with E-state index in [1.54, 1.807) is 0 Å². The van der Waals surface area contributed by atoms with Gasteiger partial charge in [0, 0.05) is 32.4 Å². The molecule has 0 spiro atoms. The normalized spacial score (nSPS) is 14.2. The number of piperazine rings is 1. The summed E-state index contributed by atoms with van der Waals surface area (Å²) in [7, 11) is 0. The van der Waals surface area contributed by atoms with Gasteiger partial charge < -0.3 is 10.2 Å². The van der Waals surface area contributed by atoms with Gasteiger partial charge in [-0.2, -0.15) is 5.10 Å². The van der Waals surface area contributed by atoms with Gasteiger partial charge in [-0.3, -0.25) is 0 Å². The lowest BCUT2D eigenvalue weighted by atomic mass is 10.2. The first kappa shape index (κ1) is 17.5. The molecular weight excluding hydrogens is 333 g/mol. The summed E-state index contributed by atoms with van der Waals surface area (Å²) >= 11 is 0. The van der Waals surface area contributed by atoms with Crippen LogP contribution in [0.5, 0.6) is 0 Å². The summed E-state index contributed by atoms with van der Waals surface area (Å²) in [4.78, 5) is 6.93. The number of nitrogens with zero attached hydrogens (tertiary/aromatic N) is 4. The van der Waals surface area contributed by atoms with Gasteiger partial charge in [-0.15, -0.1) is 24.8 Å². The number of rotatable bonds is 2. The van der Waals surface area contributed by atoms with Crippen LogP contribution < -0.4 is 10.2 Å². The first-order valence-corrected chi connectivity index (χ1v) is 7.27. The molecular formula is C16H19Cl2N5.